The molecule has 0 aliphatic carbocycles. The lowest BCUT2D eigenvalue weighted by molar-refractivity contribution is -0.141. The molecule has 0 aliphatic heterocycles. The molecule has 10 heteroatoms. The summed E-state index contributed by atoms with van der Waals surface area (Å²) in [4.78, 5) is 14.1. The third-order valence-electron chi connectivity index (χ3n) is 2.20. The predicted octanol–water partition coefficient (Wildman–Crippen LogP) is 1.24. The Morgan fingerprint density at radius 3 is 2.35 bits per heavy atom. The van der Waals surface area contributed by atoms with E-state index >= 15 is 0 Å². The second-order valence-electron chi connectivity index (χ2n) is 3.82. The topological polar surface area (TPSA) is 88.2 Å². The third kappa shape index (κ3) is 4.02. The number of carbonyl (C=O) groups is 1. The number of amides is 1. The first-order valence-electron chi connectivity index (χ1n) is 5.17. The summed E-state index contributed by atoms with van der Waals surface area (Å²) in [7, 11) is 0. The van der Waals surface area contributed by atoms with Gasteiger partial charge in [-0.2, -0.15) is 13.2 Å². The Labute approximate surface area is 109 Å². The summed E-state index contributed by atoms with van der Waals surface area (Å²) in [6.07, 6.45) is -4.80. The first kappa shape index (κ1) is 16.1. The van der Waals surface area contributed by atoms with Crippen LogP contribution in [0.15, 0.2) is 12.1 Å². The third-order valence-corrected chi connectivity index (χ3v) is 2.20. The van der Waals surface area contributed by atoms with Gasteiger partial charge in [0.15, 0.2) is 0 Å². The summed E-state index contributed by atoms with van der Waals surface area (Å²) in [5, 5.41) is 10.2. The lowest BCUT2D eigenvalue weighted by atomic mass is 10.2. The summed E-state index contributed by atoms with van der Waals surface area (Å²) in [6, 6.07) is 1.24. The van der Waals surface area contributed by atoms with Crippen LogP contribution in [0, 0.1) is 0 Å². The van der Waals surface area contributed by atoms with E-state index in [0.29, 0.717) is 6.07 Å². The number of aliphatic hydroxyl groups excluding tert-OH is 1. The fraction of sp³-hybridized carbons (Fsp3) is 0.400. The molecule has 0 unspecified atom stereocenters. The average Bonchev–Trinajstić information content (AvgIpc) is 2.35. The van der Waals surface area contributed by atoms with Crippen LogP contribution in [0.4, 0.5) is 27.8 Å². The van der Waals surface area contributed by atoms with Crippen molar-refractivity contribution in [2.45, 2.75) is 12.1 Å². The lowest BCUT2D eigenvalue weighted by Gasteiger charge is -2.16. The number of rotatable bonds is 5. The van der Waals surface area contributed by atoms with E-state index < -0.39 is 48.2 Å². The molecule has 0 radical (unpaired) electrons. The highest BCUT2D eigenvalue weighted by Gasteiger charge is 2.34. The Balaban J connectivity index is 3.10. The number of hydrogen-bond acceptors (Lipinski definition) is 4. The van der Waals surface area contributed by atoms with Gasteiger partial charge in [-0.15, -0.1) is 0 Å². The van der Waals surface area contributed by atoms with Crippen molar-refractivity contribution >= 4 is 11.7 Å². The van der Waals surface area contributed by atoms with Crippen molar-refractivity contribution in [3.8, 4) is 0 Å². The van der Waals surface area contributed by atoms with E-state index in [1.807, 2.05) is 5.32 Å². The molecule has 0 fully saturated rings. The van der Waals surface area contributed by atoms with E-state index in [2.05, 4.69) is 4.98 Å². The number of hydrogen-bond donors (Lipinski definition) is 3. The van der Waals surface area contributed by atoms with Crippen molar-refractivity contribution in [1.82, 2.24) is 4.98 Å². The van der Waals surface area contributed by atoms with Crippen LogP contribution in [0.25, 0.3) is 0 Å². The zero-order valence-electron chi connectivity index (χ0n) is 9.84. The normalized spacial score (nSPS) is 12.3. The highest BCUT2D eigenvalue weighted by atomic mass is 19.4. The fourth-order valence-corrected chi connectivity index (χ4v) is 1.22. The van der Waals surface area contributed by atoms with Crippen LogP contribution >= 0.6 is 0 Å². The van der Waals surface area contributed by atoms with Crippen LogP contribution in [-0.2, 0) is 6.18 Å². The number of alkyl halides is 5. The second kappa shape index (κ2) is 5.57. The van der Waals surface area contributed by atoms with Crippen molar-refractivity contribution in [2.75, 3.05) is 18.5 Å². The molecule has 0 spiro atoms. The molecule has 0 bridgehead atoms. The molecule has 0 atom stereocenters. The SMILES string of the molecule is NC(=O)c1ccc(C(F)(F)F)nc1NCC(F)(F)CO. The monoisotopic (exact) mass is 299 g/mol. The van der Waals surface area contributed by atoms with Gasteiger partial charge in [0.1, 0.15) is 18.1 Å². The van der Waals surface area contributed by atoms with Gasteiger partial charge < -0.3 is 16.2 Å². The van der Waals surface area contributed by atoms with E-state index in [4.69, 9.17) is 10.8 Å². The first-order valence-corrected chi connectivity index (χ1v) is 5.17. The van der Waals surface area contributed by atoms with Crippen molar-refractivity contribution in [2.24, 2.45) is 5.73 Å². The standard InChI is InChI=1S/C10H10F5N3O2/c11-9(12,4-19)3-17-8-5(7(16)20)1-2-6(18-8)10(13,14)15/h1-2,19H,3-4H2,(H2,16,20)(H,17,18). The van der Waals surface area contributed by atoms with Gasteiger partial charge in [0.05, 0.1) is 12.1 Å². The number of nitrogens with two attached hydrogens (primary N) is 1. The molecule has 0 saturated heterocycles. The minimum absolute atomic E-state index is 0.466. The highest BCUT2D eigenvalue weighted by molar-refractivity contribution is 5.97. The van der Waals surface area contributed by atoms with Gasteiger partial charge in [-0.05, 0) is 12.1 Å². The number of aromatic nitrogens is 1. The molecule has 4 N–H and O–H groups in total. The molecular formula is C10H10F5N3O2. The number of aliphatic hydroxyl groups is 1. The van der Waals surface area contributed by atoms with Gasteiger partial charge in [0.25, 0.3) is 11.8 Å². The number of anilines is 1. The summed E-state index contributed by atoms with van der Waals surface area (Å²) in [5.41, 5.74) is 3.08. The zero-order chi connectivity index (χ0) is 15.6. The maximum Gasteiger partial charge on any atom is 0.433 e. The van der Waals surface area contributed by atoms with Crippen LogP contribution in [0.2, 0.25) is 0 Å². The minimum atomic E-state index is -4.80. The van der Waals surface area contributed by atoms with Crippen LogP contribution in [0.1, 0.15) is 16.1 Å². The van der Waals surface area contributed by atoms with Gasteiger partial charge in [-0.1, -0.05) is 0 Å². The van der Waals surface area contributed by atoms with Crippen molar-refractivity contribution < 1.29 is 31.9 Å². The van der Waals surface area contributed by atoms with Gasteiger partial charge in [0, 0.05) is 0 Å². The average molecular weight is 299 g/mol. The van der Waals surface area contributed by atoms with Crippen LogP contribution in [-0.4, -0.2) is 35.1 Å². The minimum Gasteiger partial charge on any atom is -0.390 e. The van der Waals surface area contributed by atoms with Crippen LogP contribution < -0.4 is 11.1 Å². The van der Waals surface area contributed by atoms with E-state index in [1.54, 1.807) is 0 Å². The largest absolute Gasteiger partial charge is 0.433 e. The quantitative estimate of drug-likeness (QED) is 0.714. The Bertz CT molecular complexity index is 504. The van der Waals surface area contributed by atoms with Crippen LogP contribution in [0.3, 0.4) is 0 Å². The summed E-state index contributed by atoms with van der Waals surface area (Å²) < 4.78 is 63.0. The Morgan fingerprint density at radius 2 is 1.90 bits per heavy atom. The van der Waals surface area contributed by atoms with Gasteiger partial charge in [-0.25, -0.2) is 13.8 Å². The maximum atomic E-state index is 12.8. The smallest absolute Gasteiger partial charge is 0.390 e. The van der Waals surface area contributed by atoms with E-state index in [0.717, 1.165) is 6.07 Å². The second-order valence-corrected chi connectivity index (χ2v) is 3.82. The summed E-state index contributed by atoms with van der Waals surface area (Å²) >= 11 is 0. The Morgan fingerprint density at radius 1 is 1.30 bits per heavy atom. The molecule has 1 heterocycles. The van der Waals surface area contributed by atoms with Gasteiger partial charge in [-0.3, -0.25) is 4.79 Å². The molecule has 20 heavy (non-hydrogen) atoms. The number of carbonyl (C=O) groups excluding carboxylic acids is 1. The molecular weight excluding hydrogens is 289 g/mol. The summed E-state index contributed by atoms with van der Waals surface area (Å²) in [6.45, 7) is -2.71. The maximum absolute atomic E-state index is 12.8. The van der Waals surface area contributed by atoms with Crippen molar-refractivity contribution in [3.63, 3.8) is 0 Å². The van der Waals surface area contributed by atoms with Gasteiger partial charge >= 0.3 is 6.18 Å². The molecule has 112 valence electrons. The number of halogens is 5. The molecule has 1 amide bonds. The predicted molar refractivity (Wildman–Crippen MR) is 58.3 cm³/mol. The fourth-order valence-electron chi connectivity index (χ4n) is 1.22. The van der Waals surface area contributed by atoms with E-state index in [1.165, 1.54) is 0 Å². The number of nitrogens with one attached hydrogen (secondary N) is 1. The first-order chi connectivity index (χ1) is 9.07. The highest BCUT2D eigenvalue weighted by Crippen LogP contribution is 2.29. The number of pyridine rings is 1. The molecule has 0 saturated carbocycles. The molecule has 0 aliphatic rings. The Hall–Kier alpha value is -1.97. The Kier molecular flexibility index (Phi) is 4.48. The lowest BCUT2D eigenvalue weighted by Crippen LogP contribution is -2.32. The number of nitrogens with zero attached hydrogens (tertiary/aromatic N) is 1. The van der Waals surface area contributed by atoms with Crippen molar-refractivity contribution in [1.29, 1.82) is 0 Å². The van der Waals surface area contributed by atoms with Gasteiger partial charge in [0.2, 0.25) is 0 Å². The molecule has 0 aromatic carbocycles. The summed E-state index contributed by atoms with van der Waals surface area (Å²) in [5.74, 6) is -5.42. The van der Waals surface area contributed by atoms with E-state index in [-0.39, 0.29) is 0 Å². The van der Waals surface area contributed by atoms with E-state index in [9.17, 15) is 26.7 Å². The van der Waals surface area contributed by atoms with Crippen molar-refractivity contribution in [3.05, 3.63) is 23.4 Å². The molecule has 1 aromatic heterocycles. The zero-order valence-corrected chi connectivity index (χ0v) is 9.84. The van der Waals surface area contributed by atoms with Crippen LogP contribution in [0.5, 0.6) is 0 Å². The molecule has 1 aromatic rings. The molecule has 5 nitrogen and oxygen atoms in total. The molecule has 1 rings (SSSR count). The number of primary amides is 1.